The molecule has 0 aromatic carbocycles. The van der Waals surface area contributed by atoms with E-state index in [4.69, 9.17) is 16.6 Å². The lowest BCUT2D eigenvalue weighted by molar-refractivity contribution is -0.143. The molecule has 13 nitrogen and oxygen atoms in total. The maximum absolute atomic E-state index is 12.8. The fourth-order valence-corrected chi connectivity index (χ4v) is 2.90. The van der Waals surface area contributed by atoms with E-state index in [1.807, 2.05) is 0 Å². The number of carboxylic acid groups (broad SMARTS) is 2. The van der Waals surface area contributed by atoms with Gasteiger partial charge in [0, 0.05) is 0 Å². The van der Waals surface area contributed by atoms with E-state index in [9.17, 15) is 34.2 Å². The first-order valence-electron chi connectivity index (χ1n) is 10.8. The molecule has 3 amide bonds. The molecule has 0 aliphatic carbocycles. The van der Waals surface area contributed by atoms with E-state index >= 15 is 0 Å². The summed E-state index contributed by atoms with van der Waals surface area (Å²) in [7, 11) is 0. The molecule has 0 heterocycles. The Morgan fingerprint density at radius 3 is 1.88 bits per heavy atom. The second-order valence-electron chi connectivity index (χ2n) is 7.99. The van der Waals surface area contributed by atoms with Gasteiger partial charge in [-0.1, -0.05) is 20.3 Å². The number of nitrogens with two attached hydrogens (primary N) is 2. The van der Waals surface area contributed by atoms with Crippen molar-refractivity contribution in [3.8, 4) is 0 Å². The molecular formula is C20H37N5O8. The Hall–Kier alpha value is -2.77. The van der Waals surface area contributed by atoms with Crippen molar-refractivity contribution in [2.24, 2.45) is 17.4 Å². The van der Waals surface area contributed by atoms with Crippen molar-refractivity contribution in [2.45, 2.75) is 83.1 Å². The number of aliphatic carboxylic acids is 2. The van der Waals surface area contributed by atoms with Crippen molar-refractivity contribution in [3.05, 3.63) is 0 Å². The highest BCUT2D eigenvalue weighted by molar-refractivity contribution is 5.95. The van der Waals surface area contributed by atoms with Crippen LogP contribution in [0.2, 0.25) is 0 Å². The van der Waals surface area contributed by atoms with Gasteiger partial charge in [-0.2, -0.15) is 0 Å². The van der Waals surface area contributed by atoms with Gasteiger partial charge in [-0.05, 0) is 38.6 Å². The second kappa shape index (κ2) is 15.1. The standard InChI is InChI=1S/C20H37N5O8/c1-4-10(2)15(18(30)23-13(20(32)33)7-5-6-8-21)24-19(31)16(11(3)26)25-17(29)12(22)9-14(27)28/h10-13,15-16,26H,4-9,21-22H2,1-3H3,(H,23,30)(H,24,31)(H,25,29)(H,27,28)(H,32,33). The molecule has 0 fully saturated rings. The Bertz CT molecular complexity index is 687. The van der Waals surface area contributed by atoms with Crippen LogP contribution in [0.25, 0.3) is 0 Å². The van der Waals surface area contributed by atoms with Gasteiger partial charge in [0.1, 0.15) is 18.1 Å². The van der Waals surface area contributed by atoms with Crippen LogP contribution in [0.5, 0.6) is 0 Å². The molecule has 6 atom stereocenters. The monoisotopic (exact) mass is 475 g/mol. The van der Waals surface area contributed by atoms with Gasteiger partial charge in [0.2, 0.25) is 17.7 Å². The van der Waals surface area contributed by atoms with Crippen LogP contribution >= 0.6 is 0 Å². The number of carbonyl (C=O) groups is 5. The normalized spacial score (nSPS) is 16.4. The number of aliphatic hydroxyl groups is 1. The summed E-state index contributed by atoms with van der Waals surface area (Å²) >= 11 is 0. The fourth-order valence-electron chi connectivity index (χ4n) is 2.90. The van der Waals surface area contributed by atoms with Crippen LogP contribution in [0, 0.1) is 5.92 Å². The second-order valence-corrected chi connectivity index (χ2v) is 7.99. The highest BCUT2D eigenvalue weighted by Crippen LogP contribution is 2.11. The number of carbonyl (C=O) groups excluding carboxylic acids is 3. The molecule has 10 N–H and O–H groups in total. The van der Waals surface area contributed by atoms with Crippen LogP contribution in [-0.2, 0) is 24.0 Å². The van der Waals surface area contributed by atoms with Gasteiger partial charge in [0.25, 0.3) is 0 Å². The summed E-state index contributed by atoms with van der Waals surface area (Å²) in [5, 5.41) is 35.2. The zero-order chi connectivity index (χ0) is 25.7. The third kappa shape index (κ3) is 11.1. The Kier molecular flexibility index (Phi) is 13.9. The average Bonchev–Trinajstić information content (AvgIpc) is 2.73. The highest BCUT2D eigenvalue weighted by Gasteiger charge is 2.34. The molecule has 0 aromatic rings. The third-order valence-electron chi connectivity index (χ3n) is 5.15. The third-order valence-corrected chi connectivity index (χ3v) is 5.15. The first kappa shape index (κ1) is 30.2. The first-order chi connectivity index (χ1) is 15.3. The molecule has 6 unspecified atom stereocenters. The first-order valence-corrected chi connectivity index (χ1v) is 10.8. The van der Waals surface area contributed by atoms with Crippen molar-refractivity contribution in [1.29, 1.82) is 0 Å². The zero-order valence-corrected chi connectivity index (χ0v) is 19.2. The minimum Gasteiger partial charge on any atom is -0.481 e. The molecule has 0 aromatic heterocycles. The lowest BCUT2D eigenvalue weighted by Gasteiger charge is -2.29. The van der Waals surface area contributed by atoms with Gasteiger partial charge in [-0.3, -0.25) is 19.2 Å². The molecule has 0 rings (SSSR count). The molecule has 0 aliphatic heterocycles. The van der Waals surface area contributed by atoms with Crippen molar-refractivity contribution < 1.29 is 39.3 Å². The van der Waals surface area contributed by atoms with Crippen molar-refractivity contribution in [2.75, 3.05) is 6.54 Å². The highest BCUT2D eigenvalue weighted by atomic mass is 16.4. The van der Waals surface area contributed by atoms with Gasteiger partial charge in [-0.15, -0.1) is 0 Å². The molecule has 0 saturated carbocycles. The van der Waals surface area contributed by atoms with Crippen LogP contribution in [0.3, 0.4) is 0 Å². The van der Waals surface area contributed by atoms with E-state index < -0.39 is 72.3 Å². The predicted molar refractivity (Wildman–Crippen MR) is 118 cm³/mol. The predicted octanol–water partition coefficient (Wildman–Crippen LogP) is -2.12. The summed E-state index contributed by atoms with van der Waals surface area (Å²) < 4.78 is 0. The van der Waals surface area contributed by atoms with Crippen LogP contribution in [0.15, 0.2) is 0 Å². The maximum Gasteiger partial charge on any atom is 0.326 e. The quantitative estimate of drug-likeness (QED) is 0.113. The maximum atomic E-state index is 12.8. The lowest BCUT2D eigenvalue weighted by Crippen LogP contribution is -2.61. The minimum absolute atomic E-state index is 0.160. The van der Waals surface area contributed by atoms with Crippen LogP contribution in [0.1, 0.15) is 52.9 Å². The van der Waals surface area contributed by atoms with Crippen LogP contribution in [0.4, 0.5) is 0 Å². The van der Waals surface area contributed by atoms with E-state index in [0.29, 0.717) is 25.8 Å². The summed E-state index contributed by atoms with van der Waals surface area (Å²) in [5.41, 5.74) is 10.9. The summed E-state index contributed by atoms with van der Waals surface area (Å²) in [5.74, 6) is -5.55. The Balaban J connectivity index is 5.44. The van der Waals surface area contributed by atoms with Gasteiger partial charge in [0.15, 0.2) is 0 Å². The molecule has 0 aliphatic rings. The summed E-state index contributed by atoms with van der Waals surface area (Å²) in [6, 6.07) is -5.29. The molecule has 0 radical (unpaired) electrons. The van der Waals surface area contributed by atoms with Crippen molar-refractivity contribution in [1.82, 2.24) is 16.0 Å². The lowest BCUT2D eigenvalue weighted by atomic mass is 9.96. The van der Waals surface area contributed by atoms with Crippen molar-refractivity contribution >= 4 is 29.7 Å². The topological polar surface area (TPSA) is 234 Å². The number of hydrogen-bond acceptors (Lipinski definition) is 8. The number of rotatable bonds is 16. The molecule has 13 heteroatoms. The molecule has 33 heavy (non-hydrogen) atoms. The number of hydrogen-bond donors (Lipinski definition) is 8. The fraction of sp³-hybridized carbons (Fsp3) is 0.750. The Morgan fingerprint density at radius 2 is 1.42 bits per heavy atom. The van der Waals surface area contributed by atoms with E-state index in [2.05, 4.69) is 16.0 Å². The smallest absolute Gasteiger partial charge is 0.326 e. The molecule has 0 saturated heterocycles. The number of carboxylic acids is 2. The van der Waals surface area contributed by atoms with Crippen molar-refractivity contribution in [3.63, 3.8) is 0 Å². The molecule has 190 valence electrons. The van der Waals surface area contributed by atoms with Gasteiger partial charge in [-0.25, -0.2) is 4.79 Å². The Morgan fingerprint density at radius 1 is 0.879 bits per heavy atom. The van der Waals surface area contributed by atoms with Gasteiger partial charge >= 0.3 is 11.9 Å². The van der Waals surface area contributed by atoms with Crippen LogP contribution in [-0.4, -0.2) is 81.8 Å². The van der Waals surface area contributed by atoms with Gasteiger partial charge in [0.05, 0.1) is 18.6 Å². The Labute approximate surface area is 192 Å². The van der Waals surface area contributed by atoms with Gasteiger partial charge < -0.3 is 42.7 Å². The summed E-state index contributed by atoms with van der Waals surface area (Å²) in [4.78, 5) is 59.9. The van der Waals surface area contributed by atoms with E-state index in [1.165, 1.54) is 6.92 Å². The van der Waals surface area contributed by atoms with E-state index in [0.717, 1.165) is 0 Å². The SMILES string of the molecule is CCC(C)C(NC(=O)C(NC(=O)C(N)CC(=O)O)C(C)O)C(=O)NC(CCCCN)C(=O)O. The summed E-state index contributed by atoms with van der Waals surface area (Å²) in [6.45, 7) is 5.05. The van der Waals surface area contributed by atoms with E-state index in [1.54, 1.807) is 13.8 Å². The molecule has 0 spiro atoms. The number of aliphatic hydroxyl groups excluding tert-OH is 1. The number of unbranched alkanes of at least 4 members (excludes halogenated alkanes) is 1. The molecule has 0 bridgehead atoms. The molecular weight excluding hydrogens is 438 g/mol. The minimum atomic E-state index is -1.52. The van der Waals surface area contributed by atoms with E-state index in [-0.39, 0.29) is 6.42 Å². The van der Waals surface area contributed by atoms with Crippen LogP contribution < -0.4 is 27.4 Å². The summed E-state index contributed by atoms with van der Waals surface area (Å²) in [6.07, 6.45) is -0.384. The average molecular weight is 476 g/mol. The largest absolute Gasteiger partial charge is 0.481 e. The number of amides is 3. The zero-order valence-electron chi connectivity index (χ0n) is 19.2. The number of nitrogens with one attached hydrogen (secondary N) is 3.